The molecule has 1 aliphatic heterocycles. The highest BCUT2D eigenvalue weighted by Crippen LogP contribution is 2.18. The number of aromatic nitrogens is 3. The number of nitrogens with zero attached hydrogens (tertiary/aromatic N) is 5. The van der Waals surface area contributed by atoms with Crippen molar-refractivity contribution in [1.82, 2.24) is 24.6 Å². The lowest BCUT2D eigenvalue weighted by molar-refractivity contribution is 0.0922. The second kappa shape index (κ2) is 7.00. The smallest absolute Gasteiger partial charge is 0.319 e. The number of likely N-dealkylation sites (N-methyl/N-ethyl adjacent to an activating group) is 1. The third-order valence-electron chi connectivity index (χ3n) is 4.39. The molecule has 0 aliphatic carbocycles. The summed E-state index contributed by atoms with van der Waals surface area (Å²) >= 11 is 0. The Morgan fingerprint density at radius 3 is 2.79 bits per heavy atom. The molecule has 1 fully saturated rings. The van der Waals surface area contributed by atoms with Crippen molar-refractivity contribution in [3.05, 3.63) is 36.8 Å². The van der Waals surface area contributed by atoms with Crippen molar-refractivity contribution < 1.29 is 4.79 Å². The van der Waals surface area contributed by atoms with Crippen LogP contribution in [0.3, 0.4) is 0 Å². The van der Waals surface area contributed by atoms with E-state index in [9.17, 15) is 4.79 Å². The van der Waals surface area contributed by atoms with E-state index < -0.39 is 0 Å². The molecule has 2 amide bonds. The molecule has 0 spiro atoms. The zero-order chi connectivity index (χ0) is 17.1. The van der Waals surface area contributed by atoms with Crippen molar-refractivity contribution in [2.45, 2.75) is 19.9 Å². The fourth-order valence-corrected chi connectivity index (χ4v) is 2.97. The Bertz CT molecular complexity index is 667. The fourth-order valence-electron chi connectivity index (χ4n) is 2.97. The first-order chi connectivity index (χ1) is 11.5. The van der Waals surface area contributed by atoms with E-state index in [1.807, 2.05) is 29.3 Å². The molecular formula is C17H24N6O. The van der Waals surface area contributed by atoms with Gasteiger partial charge in [0.25, 0.3) is 0 Å². The van der Waals surface area contributed by atoms with Gasteiger partial charge in [0.1, 0.15) is 0 Å². The number of carbonyl (C=O) groups is 1. The largest absolute Gasteiger partial charge is 0.322 e. The zero-order valence-electron chi connectivity index (χ0n) is 14.4. The Hall–Kier alpha value is -2.41. The molecule has 3 rings (SSSR count). The standard InChI is InChI=1S/C17H24N6O/c1-13(2)15-12-21(3)9-10-22(15)17(24)20-14-5-6-16(18-11-14)23-8-4-7-19-23/h4-8,11,13,15H,9-10,12H2,1-3H3,(H,20,24). The predicted octanol–water partition coefficient (Wildman–Crippen LogP) is 2.07. The van der Waals surface area contributed by atoms with E-state index in [4.69, 9.17) is 0 Å². The van der Waals surface area contributed by atoms with Gasteiger partial charge in [0.15, 0.2) is 5.82 Å². The number of pyridine rings is 1. The lowest BCUT2D eigenvalue weighted by atomic mass is 10.0. The van der Waals surface area contributed by atoms with Gasteiger partial charge in [-0.25, -0.2) is 14.5 Å². The number of hydrogen-bond acceptors (Lipinski definition) is 4. The minimum atomic E-state index is -0.0598. The Balaban J connectivity index is 1.67. The number of amides is 2. The molecule has 128 valence electrons. The molecular weight excluding hydrogens is 304 g/mol. The summed E-state index contributed by atoms with van der Waals surface area (Å²) in [5.74, 6) is 1.14. The van der Waals surface area contributed by atoms with Gasteiger partial charge in [-0.05, 0) is 31.2 Å². The number of piperazine rings is 1. The molecule has 2 aromatic rings. The number of nitrogens with one attached hydrogen (secondary N) is 1. The number of carbonyl (C=O) groups excluding carboxylic acids is 1. The number of anilines is 1. The highest BCUT2D eigenvalue weighted by Gasteiger charge is 2.31. The molecule has 0 radical (unpaired) electrons. The van der Waals surface area contributed by atoms with Crippen LogP contribution in [0.4, 0.5) is 10.5 Å². The van der Waals surface area contributed by atoms with Crippen LogP contribution in [0.1, 0.15) is 13.8 Å². The number of rotatable bonds is 3. The molecule has 7 nitrogen and oxygen atoms in total. The SMILES string of the molecule is CC(C)C1CN(C)CCN1C(=O)Nc1ccc(-n2cccn2)nc1. The van der Waals surface area contributed by atoms with E-state index in [1.54, 1.807) is 17.1 Å². The Morgan fingerprint density at radius 1 is 1.33 bits per heavy atom. The van der Waals surface area contributed by atoms with Gasteiger partial charge in [-0.1, -0.05) is 13.8 Å². The minimum Gasteiger partial charge on any atom is -0.319 e. The quantitative estimate of drug-likeness (QED) is 0.937. The van der Waals surface area contributed by atoms with Gasteiger partial charge in [-0.2, -0.15) is 5.10 Å². The number of hydrogen-bond donors (Lipinski definition) is 1. The van der Waals surface area contributed by atoms with Crippen molar-refractivity contribution >= 4 is 11.7 Å². The van der Waals surface area contributed by atoms with E-state index >= 15 is 0 Å². The van der Waals surface area contributed by atoms with Gasteiger partial charge in [0, 0.05) is 38.1 Å². The van der Waals surface area contributed by atoms with Gasteiger partial charge in [0.05, 0.1) is 11.9 Å². The summed E-state index contributed by atoms with van der Waals surface area (Å²) in [5.41, 5.74) is 0.692. The van der Waals surface area contributed by atoms with Crippen molar-refractivity contribution in [3.63, 3.8) is 0 Å². The van der Waals surface area contributed by atoms with Crippen LogP contribution in [0.25, 0.3) is 5.82 Å². The summed E-state index contributed by atoms with van der Waals surface area (Å²) in [6, 6.07) is 5.70. The lowest BCUT2D eigenvalue weighted by Crippen LogP contribution is -2.57. The molecule has 1 atom stereocenters. The molecule has 0 aromatic carbocycles. The molecule has 0 bridgehead atoms. The molecule has 7 heteroatoms. The first-order valence-corrected chi connectivity index (χ1v) is 8.27. The van der Waals surface area contributed by atoms with E-state index in [1.165, 1.54) is 0 Å². The summed E-state index contributed by atoms with van der Waals surface area (Å²) in [4.78, 5) is 21.2. The maximum atomic E-state index is 12.7. The van der Waals surface area contributed by atoms with E-state index in [0.29, 0.717) is 11.6 Å². The third kappa shape index (κ3) is 3.56. The van der Waals surface area contributed by atoms with Gasteiger partial charge in [0.2, 0.25) is 0 Å². The van der Waals surface area contributed by atoms with Crippen LogP contribution in [0.2, 0.25) is 0 Å². The predicted molar refractivity (Wildman–Crippen MR) is 93.2 cm³/mol. The van der Waals surface area contributed by atoms with E-state index in [-0.39, 0.29) is 12.1 Å². The summed E-state index contributed by atoms with van der Waals surface area (Å²) in [7, 11) is 2.10. The van der Waals surface area contributed by atoms with Crippen LogP contribution < -0.4 is 5.32 Å². The molecule has 0 saturated carbocycles. The molecule has 1 aliphatic rings. The molecule has 1 N–H and O–H groups in total. The van der Waals surface area contributed by atoms with Gasteiger partial charge < -0.3 is 15.1 Å². The highest BCUT2D eigenvalue weighted by molar-refractivity contribution is 5.89. The minimum absolute atomic E-state index is 0.0598. The normalized spacial score (nSPS) is 18.8. The Kier molecular flexibility index (Phi) is 4.80. The molecule has 1 unspecified atom stereocenters. The van der Waals surface area contributed by atoms with Gasteiger partial charge >= 0.3 is 6.03 Å². The molecule has 3 heterocycles. The first kappa shape index (κ1) is 16.4. The fraction of sp³-hybridized carbons (Fsp3) is 0.471. The highest BCUT2D eigenvalue weighted by atomic mass is 16.2. The van der Waals surface area contributed by atoms with E-state index in [0.717, 1.165) is 25.5 Å². The molecule has 2 aromatic heterocycles. The molecule has 24 heavy (non-hydrogen) atoms. The lowest BCUT2D eigenvalue weighted by Gasteiger charge is -2.42. The first-order valence-electron chi connectivity index (χ1n) is 8.27. The number of urea groups is 1. The Morgan fingerprint density at radius 2 is 2.17 bits per heavy atom. The van der Waals surface area contributed by atoms with Crippen molar-refractivity contribution in [1.29, 1.82) is 0 Å². The molecule has 1 saturated heterocycles. The topological polar surface area (TPSA) is 66.3 Å². The van der Waals surface area contributed by atoms with Crippen molar-refractivity contribution in [2.24, 2.45) is 5.92 Å². The Labute approximate surface area is 142 Å². The summed E-state index contributed by atoms with van der Waals surface area (Å²) in [5, 5.41) is 7.10. The third-order valence-corrected chi connectivity index (χ3v) is 4.39. The van der Waals surface area contributed by atoms with Crippen LogP contribution >= 0.6 is 0 Å². The average Bonchev–Trinajstić information content (AvgIpc) is 3.09. The average molecular weight is 328 g/mol. The van der Waals surface area contributed by atoms with Crippen LogP contribution in [-0.2, 0) is 0 Å². The van der Waals surface area contributed by atoms with E-state index in [2.05, 4.69) is 41.2 Å². The van der Waals surface area contributed by atoms with Crippen molar-refractivity contribution in [3.8, 4) is 5.82 Å². The van der Waals surface area contributed by atoms with Crippen LogP contribution in [0, 0.1) is 5.92 Å². The maximum absolute atomic E-state index is 12.7. The van der Waals surface area contributed by atoms with Crippen LogP contribution in [0.5, 0.6) is 0 Å². The maximum Gasteiger partial charge on any atom is 0.322 e. The second-order valence-corrected chi connectivity index (χ2v) is 6.55. The monoisotopic (exact) mass is 328 g/mol. The summed E-state index contributed by atoms with van der Waals surface area (Å²) < 4.78 is 1.68. The van der Waals surface area contributed by atoms with Crippen LogP contribution in [0.15, 0.2) is 36.8 Å². The van der Waals surface area contributed by atoms with Gasteiger partial charge in [-0.15, -0.1) is 0 Å². The summed E-state index contributed by atoms with van der Waals surface area (Å²) in [6.07, 6.45) is 5.20. The van der Waals surface area contributed by atoms with Gasteiger partial charge in [-0.3, -0.25) is 0 Å². The second-order valence-electron chi connectivity index (χ2n) is 6.55. The zero-order valence-corrected chi connectivity index (χ0v) is 14.4. The van der Waals surface area contributed by atoms with Crippen LogP contribution in [-0.4, -0.2) is 63.3 Å². The summed E-state index contributed by atoms with van der Waals surface area (Å²) in [6.45, 7) is 6.85. The van der Waals surface area contributed by atoms with Crippen molar-refractivity contribution in [2.75, 3.05) is 32.0 Å².